The van der Waals surface area contributed by atoms with Crippen molar-refractivity contribution in [2.75, 3.05) is 5.32 Å². The van der Waals surface area contributed by atoms with Crippen LogP contribution in [0.15, 0.2) is 218 Å². The summed E-state index contributed by atoms with van der Waals surface area (Å²) in [7, 11) is 0. The molecule has 0 saturated carbocycles. The second kappa shape index (κ2) is 13.1. The second-order valence-corrected chi connectivity index (χ2v) is 16.3. The molecule has 1 N–H and O–H groups in total. The summed E-state index contributed by atoms with van der Waals surface area (Å²) in [5, 5.41) is 16.7. The van der Waals surface area contributed by atoms with Crippen molar-refractivity contribution in [1.82, 2.24) is 4.57 Å². The predicted octanol–water partition coefficient (Wildman–Crippen LogP) is 15.1. The molecule has 1 unspecified atom stereocenters. The first-order chi connectivity index (χ1) is 29.2. The SMILES string of the molecule is C[C@@]1(Nc2c(-c3ccccc3)c3ccccc3c3c2c2ccccc2c2c3c3cc(-c4ccccc4)ccc3n2-c2cccc3ccccc23)C=CC=C2C=CC=CC21. The maximum atomic E-state index is 4.34. The topological polar surface area (TPSA) is 17.0 Å². The molecule has 1 heterocycles. The molecule has 9 aromatic carbocycles. The minimum absolute atomic E-state index is 0.166. The van der Waals surface area contributed by atoms with Gasteiger partial charge < -0.3 is 9.88 Å². The van der Waals surface area contributed by atoms with E-state index >= 15 is 0 Å². The summed E-state index contributed by atoms with van der Waals surface area (Å²) in [6, 6.07) is 62.6. The van der Waals surface area contributed by atoms with Crippen molar-refractivity contribution in [3.8, 4) is 27.9 Å². The van der Waals surface area contributed by atoms with E-state index in [0.29, 0.717) is 0 Å². The molecule has 0 saturated heterocycles. The first-order valence-corrected chi connectivity index (χ1v) is 20.6. The number of nitrogens with one attached hydrogen (secondary N) is 1. The zero-order valence-corrected chi connectivity index (χ0v) is 32.7. The average Bonchev–Trinajstić information content (AvgIpc) is 3.64. The molecule has 2 nitrogen and oxygen atoms in total. The molecule has 2 aliphatic rings. The Bertz CT molecular complexity index is 3470. The molecule has 0 fully saturated rings. The normalized spacial score (nSPS) is 17.4. The van der Waals surface area contributed by atoms with Crippen LogP contribution in [0.1, 0.15) is 6.92 Å². The lowest BCUT2D eigenvalue weighted by Crippen LogP contribution is -2.42. The monoisotopic (exact) mass is 752 g/mol. The molecule has 278 valence electrons. The lowest BCUT2D eigenvalue weighted by Gasteiger charge is -2.40. The number of nitrogens with zero attached hydrogens (tertiary/aromatic N) is 1. The summed E-state index contributed by atoms with van der Waals surface area (Å²) in [5.41, 5.74) is 10.5. The van der Waals surface area contributed by atoms with Gasteiger partial charge in [-0.2, -0.15) is 0 Å². The van der Waals surface area contributed by atoms with Crippen molar-refractivity contribution >= 4 is 70.6 Å². The van der Waals surface area contributed by atoms with Crippen LogP contribution < -0.4 is 5.32 Å². The fraction of sp³-hybridized carbons (Fsp3) is 0.0526. The van der Waals surface area contributed by atoms with Gasteiger partial charge in [0.15, 0.2) is 0 Å². The summed E-state index contributed by atoms with van der Waals surface area (Å²) < 4.78 is 2.55. The first-order valence-electron chi connectivity index (χ1n) is 20.6. The van der Waals surface area contributed by atoms with Gasteiger partial charge in [-0.3, -0.25) is 0 Å². The van der Waals surface area contributed by atoms with Gasteiger partial charge in [-0.05, 0) is 68.9 Å². The number of hydrogen-bond acceptors (Lipinski definition) is 1. The van der Waals surface area contributed by atoms with Crippen molar-refractivity contribution in [1.29, 1.82) is 0 Å². The van der Waals surface area contributed by atoms with E-state index in [9.17, 15) is 0 Å². The van der Waals surface area contributed by atoms with Gasteiger partial charge in [0, 0.05) is 43.8 Å². The van der Waals surface area contributed by atoms with E-state index in [4.69, 9.17) is 0 Å². The third-order valence-electron chi connectivity index (χ3n) is 12.9. The van der Waals surface area contributed by atoms with Crippen LogP contribution in [0.3, 0.4) is 0 Å². The van der Waals surface area contributed by atoms with E-state index < -0.39 is 5.54 Å². The summed E-state index contributed by atoms with van der Waals surface area (Å²) in [5.74, 6) is 0.166. The molecule has 1 aromatic heterocycles. The van der Waals surface area contributed by atoms with Crippen LogP contribution in [0.4, 0.5) is 5.69 Å². The van der Waals surface area contributed by atoms with Crippen LogP contribution in [0.5, 0.6) is 0 Å². The fourth-order valence-electron chi connectivity index (χ4n) is 10.3. The van der Waals surface area contributed by atoms with Gasteiger partial charge >= 0.3 is 0 Å². The molecule has 0 spiro atoms. The summed E-state index contributed by atoms with van der Waals surface area (Å²) in [4.78, 5) is 0. The van der Waals surface area contributed by atoms with Crippen molar-refractivity contribution in [2.24, 2.45) is 5.92 Å². The van der Waals surface area contributed by atoms with Crippen molar-refractivity contribution in [3.05, 3.63) is 218 Å². The van der Waals surface area contributed by atoms with E-state index in [1.807, 2.05) is 0 Å². The zero-order chi connectivity index (χ0) is 39.1. The molecule has 2 heteroatoms. The average molecular weight is 753 g/mol. The predicted molar refractivity (Wildman–Crippen MR) is 253 cm³/mol. The zero-order valence-electron chi connectivity index (χ0n) is 32.7. The highest BCUT2D eigenvalue weighted by Crippen LogP contribution is 2.53. The molecule has 10 aromatic rings. The van der Waals surface area contributed by atoms with E-state index in [0.717, 1.165) is 5.69 Å². The van der Waals surface area contributed by atoms with Crippen LogP contribution >= 0.6 is 0 Å². The quantitative estimate of drug-likeness (QED) is 0.173. The van der Waals surface area contributed by atoms with E-state index in [1.54, 1.807) is 0 Å². The summed E-state index contributed by atoms with van der Waals surface area (Å²) in [6.45, 7) is 2.36. The number of anilines is 1. The molecule has 59 heavy (non-hydrogen) atoms. The number of rotatable bonds is 5. The Morgan fingerprint density at radius 1 is 0.508 bits per heavy atom. The Morgan fingerprint density at radius 3 is 1.97 bits per heavy atom. The van der Waals surface area contributed by atoms with Crippen molar-refractivity contribution in [2.45, 2.75) is 12.5 Å². The molecule has 2 aliphatic carbocycles. The van der Waals surface area contributed by atoms with E-state index in [-0.39, 0.29) is 5.92 Å². The number of allylic oxidation sites excluding steroid dienone is 5. The van der Waals surface area contributed by atoms with E-state index in [2.05, 4.69) is 229 Å². The minimum Gasteiger partial charge on any atom is -0.374 e. The number of benzene rings is 9. The first kappa shape index (κ1) is 33.7. The van der Waals surface area contributed by atoms with Crippen LogP contribution in [-0.2, 0) is 0 Å². The molecule has 0 amide bonds. The molecule has 0 bridgehead atoms. The Kier molecular flexibility index (Phi) is 7.46. The lowest BCUT2D eigenvalue weighted by molar-refractivity contribution is 0.519. The van der Waals surface area contributed by atoms with Gasteiger partial charge in [-0.15, -0.1) is 0 Å². The van der Waals surface area contributed by atoms with Gasteiger partial charge in [0.05, 0.1) is 27.9 Å². The maximum absolute atomic E-state index is 4.34. The third-order valence-corrected chi connectivity index (χ3v) is 12.9. The van der Waals surface area contributed by atoms with Gasteiger partial charge in [0.1, 0.15) is 0 Å². The molecular formula is C57H40N2. The number of fused-ring (bicyclic) bond motifs is 12. The smallest absolute Gasteiger partial charge is 0.0634 e. The van der Waals surface area contributed by atoms with Gasteiger partial charge in [-0.25, -0.2) is 0 Å². The van der Waals surface area contributed by atoms with Crippen LogP contribution in [0.25, 0.3) is 92.8 Å². The highest BCUT2D eigenvalue weighted by atomic mass is 15.0. The van der Waals surface area contributed by atoms with Gasteiger partial charge in [-0.1, -0.05) is 194 Å². The van der Waals surface area contributed by atoms with Gasteiger partial charge in [0.25, 0.3) is 0 Å². The van der Waals surface area contributed by atoms with E-state index in [1.165, 1.54) is 98.4 Å². The Hall–Kier alpha value is -7.42. The Labute approximate surface area is 343 Å². The highest BCUT2D eigenvalue weighted by Gasteiger charge is 2.36. The second-order valence-electron chi connectivity index (χ2n) is 16.3. The van der Waals surface area contributed by atoms with Crippen LogP contribution in [0.2, 0.25) is 0 Å². The Balaban J connectivity index is 1.33. The molecular weight excluding hydrogens is 713 g/mol. The number of aromatic nitrogens is 1. The summed E-state index contributed by atoms with van der Waals surface area (Å²) >= 11 is 0. The fourth-order valence-corrected chi connectivity index (χ4v) is 10.3. The van der Waals surface area contributed by atoms with Crippen molar-refractivity contribution < 1.29 is 0 Å². The lowest BCUT2D eigenvalue weighted by atomic mass is 9.74. The van der Waals surface area contributed by atoms with Crippen LogP contribution in [0, 0.1) is 5.92 Å². The van der Waals surface area contributed by atoms with Crippen LogP contribution in [-0.4, -0.2) is 10.1 Å². The maximum Gasteiger partial charge on any atom is 0.0634 e. The third kappa shape index (κ3) is 5.06. The molecule has 2 atom stereocenters. The standard InChI is InChI=1S/C57H40N2/c1-57(35-17-25-39-21-9-15-31-48(39)57)58-55-51(40-22-6-3-7-23-40)43-27-11-12-28-44(43)52-53(55)45-29-13-14-30-46(45)56-54(52)47-36-41(37-18-4-2-5-19-37)33-34-50(47)59(56)49-32-16-24-38-20-8-10-26-42(38)49/h2-36,48,58H,1H3/t48?,57-/m1/s1. The molecule has 12 rings (SSSR count). The number of hydrogen-bond donors (Lipinski definition) is 1. The van der Waals surface area contributed by atoms with Crippen molar-refractivity contribution in [3.63, 3.8) is 0 Å². The Morgan fingerprint density at radius 2 is 1.17 bits per heavy atom. The van der Waals surface area contributed by atoms with Gasteiger partial charge in [0.2, 0.25) is 0 Å². The summed E-state index contributed by atoms with van der Waals surface area (Å²) in [6.07, 6.45) is 15.8. The largest absolute Gasteiger partial charge is 0.374 e. The molecule has 0 aliphatic heterocycles. The highest BCUT2D eigenvalue weighted by molar-refractivity contribution is 6.41. The molecule has 0 radical (unpaired) electrons. The minimum atomic E-state index is -0.405.